The summed E-state index contributed by atoms with van der Waals surface area (Å²) in [5.41, 5.74) is 1.03. The van der Waals surface area contributed by atoms with Crippen LogP contribution in [0.3, 0.4) is 0 Å². The Hall–Kier alpha value is -3.32. The minimum absolute atomic E-state index is 0.144. The highest BCUT2D eigenvalue weighted by Gasteiger charge is 2.22. The molecule has 0 aromatic heterocycles. The Balaban J connectivity index is 1.54. The first-order chi connectivity index (χ1) is 18.9. The summed E-state index contributed by atoms with van der Waals surface area (Å²) < 4.78 is 42.9. The number of unbranched alkanes of at least 4 members (excludes halogenated alkanes) is 7. The highest BCUT2D eigenvalue weighted by molar-refractivity contribution is 7.91. The first-order valence-corrected chi connectivity index (χ1v) is 15.3. The fraction of sp³-hybridized carbons (Fsp3) is 0.406. The molecule has 3 aromatic rings. The van der Waals surface area contributed by atoms with Gasteiger partial charge in [0.15, 0.2) is 6.10 Å². The van der Waals surface area contributed by atoms with E-state index < -0.39 is 21.9 Å². The molecule has 1 unspecified atom stereocenters. The standard InChI is InChI=1S/C32H40O6S/c1-3-4-5-6-7-8-9-13-16-31(32(33)36-2)38-28-19-23-30(24-20-28)39(34,35)29-21-17-27(18-22-29)37-25-26-14-11-10-12-15-26/h10-12,14-15,17-24,31H,3-9,13,16,25H2,1-2H3. The van der Waals surface area contributed by atoms with Gasteiger partial charge in [0.1, 0.15) is 18.1 Å². The van der Waals surface area contributed by atoms with Gasteiger partial charge in [0, 0.05) is 0 Å². The SMILES string of the molecule is CCCCCCCCCCC(Oc1ccc(S(=O)(=O)c2ccc(OCc3ccccc3)cc2)cc1)C(=O)OC. The fourth-order valence-corrected chi connectivity index (χ4v) is 5.53. The van der Waals surface area contributed by atoms with E-state index in [1.165, 1.54) is 63.5 Å². The second-order valence-corrected chi connectivity index (χ2v) is 11.6. The number of ether oxygens (including phenoxy) is 3. The van der Waals surface area contributed by atoms with Gasteiger partial charge >= 0.3 is 5.97 Å². The van der Waals surface area contributed by atoms with Crippen molar-refractivity contribution in [2.75, 3.05) is 7.11 Å². The van der Waals surface area contributed by atoms with E-state index in [9.17, 15) is 13.2 Å². The molecule has 0 saturated carbocycles. The highest BCUT2D eigenvalue weighted by atomic mass is 32.2. The monoisotopic (exact) mass is 552 g/mol. The fourth-order valence-electron chi connectivity index (χ4n) is 4.27. The Morgan fingerprint density at radius 2 is 1.26 bits per heavy atom. The van der Waals surface area contributed by atoms with Crippen molar-refractivity contribution in [3.8, 4) is 11.5 Å². The van der Waals surface area contributed by atoms with Crippen molar-refractivity contribution in [3.05, 3.63) is 84.4 Å². The van der Waals surface area contributed by atoms with Crippen LogP contribution in [-0.4, -0.2) is 27.6 Å². The molecule has 0 radical (unpaired) electrons. The minimum Gasteiger partial charge on any atom is -0.489 e. The Kier molecular flexibility index (Phi) is 12.4. The Morgan fingerprint density at radius 3 is 1.82 bits per heavy atom. The number of hydrogen-bond donors (Lipinski definition) is 0. The second kappa shape index (κ2) is 15.9. The van der Waals surface area contributed by atoms with E-state index in [0.29, 0.717) is 24.5 Å². The molecule has 1 atom stereocenters. The zero-order valence-electron chi connectivity index (χ0n) is 23.0. The van der Waals surface area contributed by atoms with Crippen molar-refractivity contribution < 1.29 is 27.4 Å². The van der Waals surface area contributed by atoms with Gasteiger partial charge in [0.25, 0.3) is 0 Å². The largest absolute Gasteiger partial charge is 0.489 e. The number of carbonyl (C=O) groups is 1. The molecule has 39 heavy (non-hydrogen) atoms. The normalized spacial score (nSPS) is 12.1. The summed E-state index contributed by atoms with van der Waals surface area (Å²) in [5.74, 6) is 0.588. The average molecular weight is 553 g/mol. The molecule has 0 bridgehead atoms. The first kappa shape index (κ1) is 30.2. The van der Waals surface area contributed by atoms with E-state index in [1.807, 2.05) is 30.3 Å². The van der Waals surface area contributed by atoms with Crippen molar-refractivity contribution >= 4 is 15.8 Å². The number of methoxy groups -OCH3 is 1. The molecule has 0 amide bonds. The zero-order valence-corrected chi connectivity index (χ0v) is 23.8. The molecular weight excluding hydrogens is 512 g/mol. The lowest BCUT2D eigenvalue weighted by Gasteiger charge is -2.17. The van der Waals surface area contributed by atoms with Crippen LogP contribution in [0.4, 0.5) is 0 Å². The molecule has 0 spiro atoms. The molecule has 0 aliphatic rings. The van der Waals surface area contributed by atoms with Crippen LogP contribution < -0.4 is 9.47 Å². The van der Waals surface area contributed by atoms with E-state index in [1.54, 1.807) is 24.3 Å². The molecule has 3 aromatic carbocycles. The van der Waals surface area contributed by atoms with Gasteiger partial charge in [0.05, 0.1) is 16.9 Å². The molecule has 0 aliphatic carbocycles. The van der Waals surface area contributed by atoms with Crippen LogP contribution in [-0.2, 0) is 26.0 Å². The minimum atomic E-state index is -3.72. The third-order valence-corrected chi connectivity index (χ3v) is 8.36. The van der Waals surface area contributed by atoms with Gasteiger partial charge in [-0.15, -0.1) is 0 Å². The summed E-state index contributed by atoms with van der Waals surface area (Å²) in [6.07, 6.45) is 9.16. The van der Waals surface area contributed by atoms with Gasteiger partial charge < -0.3 is 14.2 Å². The van der Waals surface area contributed by atoms with E-state index in [-0.39, 0.29) is 9.79 Å². The summed E-state index contributed by atoms with van der Waals surface area (Å²) in [7, 11) is -2.37. The lowest BCUT2D eigenvalue weighted by Crippen LogP contribution is -2.28. The average Bonchev–Trinajstić information content (AvgIpc) is 2.97. The maximum Gasteiger partial charge on any atom is 0.347 e. The summed E-state index contributed by atoms with van der Waals surface area (Å²) >= 11 is 0. The van der Waals surface area contributed by atoms with Crippen molar-refractivity contribution in [1.29, 1.82) is 0 Å². The van der Waals surface area contributed by atoms with Gasteiger partial charge in [-0.05, 0) is 66.9 Å². The maximum absolute atomic E-state index is 13.1. The Bertz CT molecular complexity index is 1220. The zero-order chi connectivity index (χ0) is 27.9. The van der Waals surface area contributed by atoms with Gasteiger partial charge in [-0.25, -0.2) is 13.2 Å². The number of esters is 1. The van der Waals surface area contributed by atoms with Crippen molar-refractivity contribution in [2.24, 2.45) is 0 Å². The van der Waals surface area contributed by atoms with Crippen molar-refractivity contribution in [1.82, 2.24) is 0 Å². The summed E-state index contributed by atoms with van der Waals surface area (Å²) in [6, 6.07) is 22.3. The molecule has 0 saturated heterocycles. The topological polar surface area (TPSA) is 78.9 Å². The molecule has 0 aliphatic heterocycles. The molecule has 210 valence electrons. The number of rotatable bonds is 17. The predicted molar refractivity (Wildman–Crippen MR) is 153 cm³/mol. The lowest BCUT2D eigenvalue weighted by atomic mass is 10.1. The van der Waals surface area contributed by atoms with Crippen LogP contribution in [0.15, 0.2) is 88.7 Å². The van der Waals surface area contributed by atoms with Crippen LogP contribution in [0, 0.1) is 0 Å². The second-order valence-electron chi connectivity index (χ2n) is 9.61. The molecular formula is C32H40O6S. The predicted octanol–water partition coefficient (Wildman–Crippen LogP) is 7.55. The van der Waals surface area contributed by atoms with Gasteiger partial charge in [-0.2, -0.15) is 0 Å². The van der Waals surface area contributed by atoms with E-state index in [0.717, 1.165) is 24.8 Å². The molecule has 7 heteroatoms. The molecule has 6 nitrogen and oxygen atoms in total. The van der Waals surface area contributed by atoms with Crippen LogP contribution in [0.25, 0.3) is 0 Å². The van der Waals surface area contributed by atoms with E-state index >= 15 is 0 Å². The third kappa shape index (κ3) is 9.74. The van der Waals surface area contributed by atoms with Gasteiger partial charge in [0.2, 0.25) is 9.84 Å². The van der Waals surface area contributed by atoms with Crippen molar-refractivity contribution in [2.45, 2.75) is 87.2 Å². The Morgan fingerprint density at radius 1 is 0.718 bits per heavy atom. The van der Waals surface area contributed by atoms with Gasteiger partial charge in [-0.1, -0.05) is 82.2 Å². The maximum atomic E-state index is 13.1. The summed E-state index contributed by atoms with van der Waals surface area (Å²) in [4.78, 5) is 12.6. The lowest BCUT2D eigenvalue weighted by molar-refractivity contribution is -0.149. The molecule has 0 N–H and O–H groups in total. The first-order valence-electron chi connectivity index (χ1n) is 13.8. The van der Waals surface area contributed by atoms with E-state index in [4.69, 9.17) is 14.2 Å². The summed E-state index contributed by atoms with van der Waals surface area (Å²) in [5, 5.41) is 0. The van der Waals surface area contributed by atoms with Gasteiger partial charge in [-0.3, -0.25) is 0 Å². The number of sulfone groups is 1. The van der Waals surface area contributed by atoms with Crippen LogP contribution in [0.5, 0.6) is 11.5 Å². The van der Waals surface area contributed by atoms with Crippen LogP contribution in [0.2, 0.25) is 0 Å². The number of benzene rings is 3. The van der Waals surface area contributed by atoms with E-state index in [2.05, 4.69) is 6.92 Å². The van der Waals surface area contributed by atoms with Crippen molar-refractivity contribution in [3.63, 3.8) is 0 Å². The molecule has 3 rings (SSSR count). The number of hydrogen-bond acceptors (Lipinski definition) is 6. The molecule has 0 fully saturated rings. The number of carbonyl (C=O) groups excluding carboxylic acids is 1. The smallest absolute Gasteiger partial charge is 0.347 e. The quantitative estimate of drug-likeness (QED) is 0.127. The molecule has 0 heterocycles. The third-order valence-electron chi connectivity index (χ3n) is 6.58. The summed E-state index contributed by atoms with van der Waals surface area (Å²) in [6.45, 7) is 2.61. The Labute approximate surface area is 233 Å². The van der Waals surface area contributed by atoms with Crippen LogP contribution >= 0.6 is 0 Å². The highest BCUT2D eigenvalue weighted by Crippen LogP contribution is 2.26. The van der Waals surface area contributed by atoms with Crippen LogP contribution in [0.1, 0.15) is 70.3 Å².